The van der Waals surface area contributed by atoms with Crippen LogP contribution in [0.3, 0.4) is 0 Å². The van der Waals surface area contributed by atoms with Gasteiger partial charge in [-0.15, -0.1) is 9.24 Å². The van der Waals surface area contributed by atoms with Gasteiger partial charge < -0.3 is 0 Å². The SMILES string of the molecule is O=C(Nc1ncc(C2=CC(C(F)(F)F)=CCC=C2Cl)cn1)c1c(F)cccc1P. The molecule has 150 valence electrons. The number of aromatic nitrogens is 2. The molecule has 0 fully saturated rings. The smallest absolute Gasteiger partial charge is 0.290 e. The molecule has 1 unspecified atom stereocenters. The molecule has 0 spiro atoms. The van der Waals surface area contributed by atoms with Gasteiger partial charge in [0.2, 0.25) is 5.95 Å². The summed E-state index contributed by atoms with van der Waals surface area (Å²) in [5.41, 5.74) is -0.669. The number of carbonyl (C=O) groups is 1. The van der Waals surface area contributed by atoms with Crippen LogP contribution in [0.5, 0.6) is 0 Å². The molecule has 1 aliphatic carbocycles. The normalized spacial score (nSPS) is 14.5. The minimum Gasteiger partial charge on any atom is -0.290 e. The minimum atomic E-state index is -4.52. The summed E-state index contributed by atoms with van der Waals surface area (Å²) in [6, 6.07) is 4.15. The van der Waals surface area contributed by atoms with Crippen LogP contribution in [0.15, 0.2) is 59.4 Å². The van der Waals surface area contributed by atoms with Gasteiger partial charge in [-0.3, -0.25) is 10.1 Å². The summed E-state index contributed by atoms with van der Waals surface area (Å²) in [7, 11) is 2.25. The molecule has 1 N–H and O–H groups in total. The second-order valence-corrected chi connectivity index (χ2v) is 6.99. The number of benzene rings is 1. The molecule has 29 heavy (non-hydrogen) atoms. The van der Waals surface area contributed by atoms with E-state index in [-0.39, 0.29) is 34.1 Å². The van der Waals surface area contributed by atoms with E-state index in [1.165, 1.54) is 24.5 Å². The average molecular weight is 442 g/mol. The summed E-state index contributed by atoms with van der Waals surface area (Å²) in [6.45, 7) is 0. The molecule has 0 radical (unpaired) electrons. The number of amides is 1. The zero-order chi connectivity index (χ0) is 21.2. The van der Waals surface area contributed by atoms with Crippen molar-refractivity contribution in [2.45, 2.75) is 12.6 Å². The number of nitrogens with one attached hydrogen (secondary N) is 1. The highest BCUT2D eigenvalue weighted by molar-refractivity contribution is 7.27. The first-order valence-corrected chi connectivity index (χ1v) is 9.15. The van der Waals surface area contributed by atoms with E-state index in [0.717, 1.165) is 18.2 Å². The lowest BCUT2D eigenvalue weighted by Gasteiger charge is -2.11. The van der Waals surface area contributed by atoms with Crippen molar-refractivity contribution in [1.82, 2.24) is 9.97 Å². The van der Waals surface area contributed by atoms with E-state index >= 15 is 0 Å². The Kier molecular flexibility index (Phi) is 6.15. The van der Waals surface area contributed by atoms with Crippen molar-refractivity contribution in [1.29, 1.82) is 0 Å². The molecule has 1 aromatic heterocycles. The Balaban J connectivity index is 1.85. The van der Waals surface area contributed by atoms with E-state index in [9.17, 15) is 22.4 Å². The Morgan fingerprint density at radius 3 is 2.48 bits per heavy atom. The zero-order valence-electron chi connectivity index (χ0n) is 14.6. The fourth-order valence-electron chi connectivity index (χ4n) is 2.58. The van der Waals surface area contributed by atoms with Gasteiger partial charge >= 0.3 is 6.18 Å². The van der Waals surface area contributed by atoms with Crippen molar-refractivity contribution in [3.8, 4) is 0 Å². The lowest BCUT2D eigenvalue weighted by Crippen LogP contribution is -2.21. The van der Waals surface area contributed by atoms with E-state index in [2.05, 4.69) is 24.5 Å². The maximum atomic E-state index is 13.9. The lowest BCUT2D eigenvalue weighted by molar-refractivity contribution is -0.0883. The van der Waals surface area contributed by atoms with Gasteiger partial charge in [-0.25, -0.2) is 14.4 Å². The van der Waals surface area contributed by atoms with Crippen molar-refractivity contribution in [2.75, 3.05) is 5.32 Å². The quantitative estimate of drug-likeness (QED) is 0.551. The second-order valence-electron chi connectivity index (χ2n) is 5.96. The first-order chi connectivity index (χ1) is 13.7. The maximum Gasteiger partial charge on any atom is 0.416 e. The van der Waals surface area contributed by atoms with Crippen LogP contribution in [-0.4, -0.2) is 22.1 Å². The molecule has 2 aromatic rings. The number of nitrogens with zero attached hydrogens (tertiary/aromatic N) is 2. The Morgan fingerprint density at radius 2 is 1.86 bits per heavy atom. The minimum absolute atomic E-state index is 0.0304. The third-order valence-electron chi connectivity index (χ3n) is 3.98. The van der Waals surface area contributed by atoms with Crippen LogP contribution >= 0.6 is 20.8 Å². The molecule has 10 heteroatoms. The molecule has 4 nitrogen and oxygen atoms in total. The van der Waals surface area contributed by atoms with Crippen molar-refractivity contribution in [3.63, 3.8) is 0 Å². The van der Waals surface area contributed by atoms with Gasteiger partial charge in [-0.1, -0.05) is 35.9 Å². The highest BCUT2D eigenvalue weighted by Crippen LogP contribution is 2.35. The number of carbonyl (C=O) groups excluding carboxylic acids is 1. The lowest BCUT2D eigenvalue weighted by atomic mass is 10.1. The van der Waals surface area contributed by atoms with Crippen LogP contribution in [0, 0.1) is 5.82 Å². The first-order valence-electron chi connectivity index (χ1n) is 8.19. The van der Waals surface area contributed by atoms with Crippen LogP contribution in [-0.2, 0) is 0 Å². The van der Waals surface area contributed by atoms with Gasteiger partial charge in [0.1, 0.15) is 5.82 Å². The Bertz CT molecular complexity index is 1030. The van der Waals surface area contributed by atoms with Gasteiger partial charge in [-0.2, -0.15) is 13.2 Å². The molecule has 1 heterocycles. The van der Waals surface area contributed by atoms with E-state index in [1.54, 1.807) is 6.07 Å². The monoisotopic (exact) mass is 441 g/mol. The number of alkyl halides is 3. The van der Waals surface area contributed by atoms with Crippen molar-refractivity contribution in [2.24, 2.45) is 0 Å². The largest absolute Gasteiger partial charge is 0.416 e. The fourth-order valence-corrected chi connectivity index (χ4v) is 3.21. The number of rotatable bonds is 3. The summed E-state index contributed by atoms with van der Waals surface area (Å²) in [6.07, 6.45) is 1.36. The molecule has 3 rings (SSSR count). The standard InChI is InChI=1S/C19H13ClF4N3OP/c20-13-4-1-3-11(19(22,23)24)7-12(13)10-8-25-18(26-9-10)27-17(28)16-14(21)5-2-6-15(16)29/h2-9H,1,29H2,(H,25,26,27,28). The van der Waals surface area contributed by atoms with Crippen LogP contribution in [0.1, 0.15) is 22.3 Å². The van der Waals surface area contributed by atoms with E-state index in [0.29, 0.717) is 5.30 Å². The van der Waals surface area contributed by atoms with Gasteiger partial charge in [0.05, 0.1) is 11.1 Å². The summed E-state index contributed by atoms with van der Waals surface area (Å²) >= 11 is 6.10. The Hall–Kier alpha value is -2.57. The number of halogens is 5. The van der Waals surface area contributed by atoms with Gasteiger partial charge in [-0.05, 0) is 23.9 Å². The molecular weight excluding hydrogens is 429 g/mol. The predicted octanol–water partition coefficient (Wildman–Crippen LogP) is 4.77. The fraction of sp³-hybridized carbons (Fsp3) is 0.105. The molecule has 0 saturated carbocycles. The molecular formula is C19H13ClF4N3OP. The van der Waals surface area contributed by atoms with Gasteiger partial charge in [0.25, 0.3) is 5.91 Å². The van der Waals surface area contributed by atoms with Gasteiger partial charge in [0.15, 0.2) is 0 Å². The highest BCUT2D eigenvalue weighted by atomic mass is 35.5. The second kappa shape index (κ2) is 8.43. The Labute approximate surface area is 170 Å². The molecule has 0 saturated heterocycles. The first kappa shape index (κ1) is 21.1. The number of hydrogen-bond donors (Lipinski definition) is 1. The topological polar surface area (TPSA) is 54.9 Å². The zero-order valence-corrected chi connectivity index (χ0v) is 16.5. The Morgan fingerprint density at radius 1 is 1.17 bits per heavy atom. The van der Waals surface area contributed by atoms with Crippen LogP contribution in [0.25, 0.3) is 5.57 Å². The predicted molar refractivity (Wildman–Crippen MR) is 106 cm³/mol. The number of hydrogen-bond acceptors (Lipinski definition) is 3. The van der Waals surface area contributed by atoms with Crippen LogP contribution < -0.4 is 10.6 Å². The summed E-state index contributed by atoms with van der Waals surface area (Å²) in [4.78, 5) is 20.1. The summed E-state index contributed by atoms with van der Waals surface area (Å²) in [5.74, 6) is -1.60. The van der Waals surface area contributed by atoms with Crippen molar-refractivity contribution < 1.29 is 22.4 Å². The summed E-state index contributed by atoms with van der Waals surface area (Å²) < 4.78 is 53.1. The molecule has 1 amide bonds. The van der Waals surface area contributed by atoms with Crippen molar-refractivity contribution >= 4 is 43.6 Å². The van der Waals surface area contributed by atoms with Crippen molar-refractivity contribution in [3.05, 3.63) is 76.4 Å². The number of anilines is 1. The highest BCUT2D eigenvalue weighted by Gasteiger charge is 2.33. The number of allylic oxidation sites excluding steroid dienone is 6. The molecule has 1 aromatic carbocycles. The average Bonchev–Trinajstić information content (AvgIpc) is 2.84. The molecule has 0 aliphatic heterocycles. The summed E-state index contributed by atoms with van der Waals surface area (Å²) in [5, 5.41) is 2.83. The molecule has 1 atom stereocenters. The van der Waals surface area contributed by atoms with Gasteiger partial charge in [0, 0.05) is 28.6 Å². The third kappa shape index (κ3) is 4.89. The van der Waals surface area contributed by atoms with E-state index in [1.807, 2.05) is 0 Å². The molecule has 1 aliphatic rings. The van der Waals surface area contributed by atoms with Crippen LogP contribution in [0.2, 0.25) is 0 Å². The van der Waals surface area contributed by atoms with E-state index in [4.69, 9.17) is 11.6 Å². The maximum absolute atomic E-state index is 13.9. The van der Waals surface area contributed by atoms with E-state index < -0.39 is 23.5 Å². The third-order valence-corrected chi connectivity index (χ3v) is 4.82. The van der Waals surface area contributed by atoms with Crippen LogP contribution in [0.4, 0.5) is 23.5 Å². The molecule has 0 bridgehead atoms.